The Bertz CT molecular complexity index is 1220. The molecule has 0 heterocycles. The van der Waals surface area contributed by atoms with Crippen molar-refractivity contribution in [3.63, 3.8) is 0 Å². The van der Waals surface area contributed by atoms with Crippen LogP contribution in [0.2, 0.25) is 0 Å². The van der Waals surface area contributed by atoms with Crippen LogP contribution in [0.25, 0.3) is 0 Å². The van der Waals surface area contributed by atoms with E-state index in [1.807, 2.05) is 6.92 Å². The van der Waals surface area contributed by atoms with E-state index in [1.54, 1.807) is 48.5 Å². The fraction of sp³-hybridized carbons (Fsp3) is 0.130. The third-order valence-corrected chi connectivity index (χ3v) is 5.67. The molecule has 9 heteroatoms. The summed E-state index contributed by atoms with van der Waals surface area (Å²) in [6, 6.07) is 17.6. The average molecular weight is 455 g/mol. The number of hydrogen-bond acceptors (Lipinski definition) is 7. The van der Waals surface area contributed by atoms with E-state index in [4.69, 9.17) is 14.2 Å². The van der Waals surface area contributed by atoms with E-state index in [-0.39, 0.29) is 4.90 Å². The molecular weight excluding hydrogens is 432 g/mol. The summed E-state index contributed by atoms with van der Waals surface area (Å²) in [4.78, 5) is 14.7. The van der Waals surface area contributed by atoms with E-state index in [1.165, 1.54) is 38.6 Å². The zero-order valence-corrected chi connectivity index (χ0v) is 18.5. The number of esters is 1. The van der Waals surface area contributed by atoms with Crippen LogP contribution in [0.1, 0.15) is 21.5 Å². The minimum atomic E-state index is -3.75. The van der Waals surface area contributed by atoms with Crippen LogP contribution in [0.3, 0.4) is 0 Å². The first-order valence-electron chi connectivity index (χ1n) is 9.48. The lowest BCUT2D eigenvalue weighted by molar-refractivity contribution is 0.0734. The first-order valence-corrected chi connectivity index (χ1v) is 11.0. The highest BCUT2D eigenvalue weighted by atomic mass is 32.2. The van der Waals surface area contributed by atoms with E-state index in [2.05, 4.69) is 9.93 Å². The van der Waals surface area contributed by atoms with Crippen LogP contribution in [-0.2, 0) is 10.0 Å². The van der Waals surface area contributed by atoms with Crippen molar-refractivity contribution in [3.8, 4) is 17.2 Å². The molecule has 0 bridgehead atoms. The lowest BCUT2D eigenvalue weighted by Crippen LogP contribution is -2.18. The summed E-state index contributed by atoms with van der Waals surface area (Å²) in [6.45, 7) is 1.87. The minimum Gasteiger partial charge on any atom is -0.493 e. The number of aryl methyl sites for hydroxylation is 1. The van der Waals surface area contributed by atoms with E-state index >= 15 is 0 Å². The second-order valence-corrected chi connectivity index (χ2v) is 8.36. The van der Waals surface area contributed by atoms with Gasteiger partial charge in [-0.3, -0.25) is 0 Å². The predicted molar refractivity (Wildman–Crippen MR) is 120 cm³/mol. The smallest absolute Gasteiger partial charge is 0.343 e. The number of benzene rings is 3. The van der Waals surface area contributed by atoms with Crippen molar-refractivity contribution in [2.75, 3.05) is 14.2 Å². The third-order valence-electron chi connectivity index (χ3n) is 4.43. The minimum absolute atomic E-state index is 0.123. The van der Waals surface area contributed by atoms with Crippen LogP contribution in [0, 0.1) is 6.92 Å². The molecule has 0 saturated carbocycles. The molecule has 0 unspecified atom stereocenters. The second-order valence-electron chi connectivity index (χ2n) is 6.69. The Morgan fingerprint density at radius 1 is 0.906 bits per heavy atom. The summed E-state index contributed by atoms with van der Waals surface area (Å²) in [5, 5.41) is 3.79. The van der Waals surface area contributed by atoms with Crippen LogP contribution in [0.15, 0.2) is 76.7 Å². The molecule has 32 heavy (non-hydrogen) atoms. The van der Waals surface area contributed by atoms with Gasteiger partial charge in [0.15, 0.2) is 11.5 Å². The van der Waals surface area contributed by atoms with Crippen molar-refractivity contribution >= 4 is 22.2 Å². The van der Waals surface area contributed by atoms with Gasteiger partial charge < -0.3 is 14.2 Å². The average Bonchev–Trinajstić information content (AvgIpc) is 2.80. The predicted octanol–water partition coefficient (Wildman–Crippen LogP) is 3.54. The molecule has 0 fully saturated rings. The summed E-state index contributed by atoms with van der Waals surface area (Å²) in [7, 11) is -0.761. The number of methoxy groups -OCH3 is 2. The molecule has 3 aromatic carbocycles. The number of carbonyl (C=O) groups excluding carboxylic acids is 1. The van der Waals surface area contributed by atoms with E-state index in [0.29, 0.717) is 28.4 Å². The molecule has 0 aliphatic rings. The van der Waals surface area contributed by atoms with Gasteiger partial charge in [-0.1, -0.05) is 17.7 Å². The zero-order valence-electron chi connectivity index (χ0n) is 17.7. The number of ether oxygens (including phenoxy) is 3. The second kappa shape index (κ2) is 9.97. The van der Waals surface area contributed by atoms with Gasteiger partial charge in [0, 0.05) is 0 Å². The topological polar surface area (TPSA) is 103 Å². The van der Waals surface area contributed by atoms with Gasteiger partial charge in [0.25, 0.3) is 10.0 Å². The van der Waals surface area contributed by atoms with Gasteiger partial charge in [0.1, 0.15) is 5.75 Å². The maximum atomic E-state index is 12.4. The molecule has 3 aromatic rings. The maximum Gasteiger partial charge on any atom is 0.343 e. The third kappa shape index (κ3) is 5.64. The highest BCUT2D eigenvalue weighted by molar-refractivity contribution is 7.89. The van der Waals surface area contributed by atoms with Crippen molar-refractivity contribution in [2.45, 2.75) is 11.8 Å². The van der Waals surface area contributed by atoms with Gasteiger partial charge in [0.05, 0.1) is 30.9 Å². The number of carbonyl (C=O) groups is 1. The Morgan fingerprint density at radius 2 is 1.56 bits per heavy atom. The van der Waals surface area contributed by atoms with Crippen molar-refractivity contribution in [3.05, 3.63) is 83.4 Å². The molecule has 0 aliphatic carbocycles. The molecule has 0 saturated heterocycles. The summed E-state index contributed by atoms with van der Waals surface area (Å²) in [5.74, 6) is 0.688. The van der Waals surface area contributed by atoms with Crippen LogP contribution in [0.4, 0.5) is 0 Å². The Morgan fingerprint density at radius 3 is 2.19 bits per heavy atom. The van der Waals surface area contributed by atoms with Gasteiger partial charge in [-0.15, -0.1) is 0 Å². The molecule has 0 aromatic heterocycles. The highest BCUT2D eigenvalue weighted by Gasteiger charge is 2.13. The molecular formula is C23H22N2O6S. The molecule has 8 nitrogen and oxygen atoms in total. The number of nitrogens with zero attached hydrogens (tertiary/aromatic N) is 1. The number of rotatable bonds is 8. The van der Waals surface area contributed by atoms with Gasteiger partial charge in [-0.25, -0.2) is 9.63 Å². The Kier molecular flexibility index (Phi) is 7.11. The molecule has 0 aliphatic heterocycles. The van der Waals surface area contributed by atoms with Gasteiger partial charge in [-0.05, 0) is 67.1 Å². The van der Waals surface area contributed by atoms with Crippen molar-refractivity contribution < 1.29 is 27.4 Å². The van der Waals surface area contributed by atoms with Crippen LogP contribution in [-0.4, -0.2) is 34.8 Å². The number of hydrogen-bond donors (Lipinski definition) is 1. The zero-order chi connectivity index (χ0) is 23.1. The summed E-state index contributed by atoms with van der Waals surface area (Å²) < 4.78 is 40.2. The molecule has 166 valence electrons. The molecule has 0 atom stereocenters. The van der Waals surface area contributed by atoms with Crippen LogP contribution < -0.4 is 19.0 Å². The standard InChI is InChI=1S/C23H22N2O6S/c1-16-4-11-20(12-5-16)32(27,28)25-24-15-17-6-9-19(10-7-17)31-23(26)18-8-13-21(29-2)22(14-18)30-3/h4-15,25H,1-3H3. The maximum absolute atomic E-state index is 12.4. The van der Waals surface area contributed by atoms with E-state index in [9.17, 15) is 13.2 Å². The summed E-state index contributed by atoms with van der Waals surface area (Å²) in [6.07, 6.45) is 1.35. The van der Waals surface area contributed by atoms with Crippen molar-refractivity contribution in [1.29, 1.82) is 0 Å². The van der Waals surface area contributed by atoms with Crippen molar-refractivity contribution in [1.82, 2.24) is 4.83 Å². The Labute approximate surface area is 186 Å². The quantitative estimate of drug-likeness (QED) is 0.242. The van der Waals surface area contributed by atoms with Gasteiger partial charge >= 0.3 is 5.97 Å². The molecule has 1 N–H and O–H groups in total. The molecule has 0 radical (unpaired) electrons. The fourth-order valence-corrected chi connectivity index (χ4v) is 3.48. The number of sulfonamides is 1. The summed E-state index contributed by atoms with van der Waals surface area (Å²) in [5.41, 5.74) is 1.88. The number of nitrogens with one attached hydrogen (secondary N) is 1. The first-order chi connectivity index (χ1) is 15.3. The highest BCUT2D eigenvalue weighted by Crippen LogP contribution is 2.28. The monoisotopic (exact) mass is 454 g/mol. The van der Waals surface area contributed by atoms with E-state index < -0.39 is 16.0 Å². The van der Waals surface area contributed by atoms with Gasteiger partial charge in [-0.2, -0.15) is 13.5 Å². The summed E-state index contributed by atoms with van der Waals surface area (Å²) >= 11 is 0. The SMILES string of the molecule is COc1ccc(C(=O)Oc2ccc(C=NNS(=O)(=O)c3ccc(C)cc3)cc2)cc1OC. The van der Waals surface area contributed by atoms with Crippen LogP contribution >= 0.6 is 0 Å². The molecule has 0 spiro atoms. The molecule has 3 rings (SSSR count). The number of hydrazone groups is 1. The van der Waals surface area contributed by atoms with Crippen molar-refractivity contribution in [2.24, 2.45) is 5.10 Å². The fourth-order valence-electron chi connectivity index (χ4n) is 2.69. The Hall–Kier alpha value is -3.85. The Balaban J connectivity index is 1.62. The lowest BCUT2D eigenvalue weighted by atomic mass is 10.2. The van der Waals surface area contributed by atoms with E-state index in [0.717, 1.165) is 5.56 Å². The lowest BCUT2D eigenvalue weighted by Gasteiger charge is -2.09. The molecule has 0 amide bonds. The normalized spacial score (nSPS) is 11.2. The first kappa shape index (κ1) is 22.8. The largest absolute Gasteiger partial charge is 0.493 e. The van der Waals surface area contributed by atoms with Gasteiger partial charge in [0.2, 0.25) is 0 Å². The van der Waals surface area contributed by atoms with Crippen LogP contribution in [0.5, 0.6) is 17.2 Å².